The maximum atomic E-state index is 5.26. The zero-order chi connectivity index (χ0) is 6.69. The molecule has 3 N–H and O–H groups in total. The van der Waals surface area contributed by atoms with Gasteiger partial charge in [-0.2, -0.15) is 0 Å². The third kappa shape index (κ3) is 2.01. The van der Waals surface area contributed by atoms with Crippen LogP contribution in [0.2, 0.25) is 0 Å². The first-order chi connectivity index (χ1) is 4.29. The minimum absolute atomic E-state index is 0.391. The van der Waals surface area contributed by atoms with Gasteiger partial charge in [-0.05, 0) is 25.1 Å². The summed E-state index contributed by atoms with van der Waals surface area (Å²) in [6.45, 7) is 0. The van der Waals surface area contributed by atoms with Crippen LogP contribution in [-0.2, 0) is 0 Å². The Morgan fingerprint density at radius 1 is 1.78 bits per heavy atom. The van der Waals surface area contributed by atoms with Gasteiger partial charge < -0.3 is 11.1 Å². The Balaban J connectivity index is 2.28. The second kappa shape index (κ2) is 2.82. The molecule has 0 aliphatic heterocycles. The highest BCUT2D eigenvalue weighted by atomic mass is 32.1. The van der Waals surface area contributed by atoms with Crippen LogP contribution in [0, 0.1) is 0 Å². The number of rotatable bonds is 1. The van der Waals surface area contributed by atoms with Crippen LogP contribution in [0.3, 0.4) is 0 Å². The van der Waals surface area contributed by atoms with Crippen LogP contribution in [-0.4, -0.2) is 11.2 Å². The molecule has 50 valence electrons. The Kier molecular flexibility index (Phi) is 2.05. The van der Waals surface area contributed by atoms with Crippen molar-refractivity contribution in [2.24, 2.45) is 5.73 Å². The van der Waals surface area contributed by atoms with Crippen LogP contribution >= 0.6 is 12.2 Å². The van der Waals surface area contributed by atoms with E-state index in [1.807, 2.05) is 0 Å². The molecule has 0 amide bonds. The Morgan fingerprint density at radius 3 is 3.00 bits per heavy atom. The third-order valence-electron chi connectivity index (χ3n) is 1.34. The highest BCUT2D eigenvalue weighted by molar-refractivity contribution is 7.80. The van der Waals surface area contributed by atoms with E-state index in [2.05, 4.69) is 29.7 Å². The van der Waals surface area contributed by atoms with E-state index in [1.165, 1.54) is 0 Å². The van der Waals surface area contributed by atoms with Crippen molar-refractivity contribution in [1.82, 2.24) is 5.32 Å². The first kappa shape index (κ1) is 6.55. The normalized spacial score (nSPS) is 24.2. The van der Waals surface area contributed by atoms with E-state index >= 15 is 0 Å². The van der Waals surface area contributed by atoms with Crippen LogP contribution in [0.1, 0.15) is 12.8 Å². The molecule has 0 aromatic carbocycles. The van der Waals surface area contributed by atoms with Crippen LogP contribution in [0.4, 0.5) is 0 Å². The van der Waals surface area contributed by atoms with Gasteiger partial charge in [0.05, 0.1) is 0 Å². The summed E-state index contributed by atoms with van der Waals surface area (Å²) in [4.78, 5) is 0. The minimum atomic E-state index is 0.391. The Hall–Kier alpha value is -0.570. The van der Waals surface area contributed by atoms with Crippen molar-refractivity contribution in [3.63, 3.8) is 0 Å². The van der Waals surface area contributed by atoms with Gasteiger partial charge in [-0.1, -0.05) is 12.2 Å². The second-order valence-corrected chi connectivity index (χ2v) is 2.56. The monoisotopic (exact) mass is 142 g/mol. The summed E-state index contributed by atoms with van der Waals surface area (Å²) in [6, 6.07) is 0.391. The molecule has 0 spiro atoms. The summed E-state index contributed by atoms with van der Waals surface area (Å²) in [6.07, 6.45) is 6.49. The van der Waals surface area contributed by atoms with E-state index < -0.39 is 0 Å². The van der Waals surface area contributed by atoms with Gasteiger partial charge in [-0.3, -0.25) is 0 Å². The minimum Gasteiger partial charge on any atom is -0.376 e. The van der Waals surface area contributed by atoms with Crippen molar-refractivity contribution in [3.05, 3.63) is 12.2 Å². The molecule has 1 aliphatic carbocycles. The molecular weight excluding hydrogens is 132 g/mol. The molecule has 1 unspecified atom stereocenters. The van der Waals surface area contributed by atoms with Gasteiger partial charge in [0.2, 0.25) is 0 Å². The lowest BCUT2D eigenvalue weighted by Gasteiger charge is -2.08. The molecule has 0 bridgehead atoms. The van der Waals surface area contributed by atoms with Crippen molar-refractivity contribution in [3.8, 4) is 0 Å². The number of hydrogen-bond donors (Lipinski definition) is 2. The van der Waals surface area contributed by atoms with Gasteiger partial charge in [0.25, 0.3) is 0 Å². The standard InChI is InChI=1S/C6H10N2S/c7-6(9)8-5-3-1-2-4-5/h1,3,5H,2,4H2,(H3,7,8,9). The molecule has 0 radical (unpaired) electrons. The summed E-state index contributed by atoms with van der Waals surface area (Å²) in [7, 11) is 0. The van der Waals surface area contributed by atoms with Gasteiger partial charge in [0.15, 0.2) is 5.11 Å². The quantitative estimate of drug-likeness (QED) is 0.414. The Morgan fingerprint density at radius 2 is 2.56 bits per heavy atom. The van der Waals surface area contributed by atoms with Gasteiger partial charge in [0.1, 0.15) is 0 Å². The molecule has 0 fully saturated rings. The zero-order valence-corrected chi connectivity index (χ0v) is 5.95. The average molecular weight is 142 g/mol. The van der Waals surface area contributed by atoms with Crippen LogP contribution in [0.5, 0.6) is 0 Å². The Labute approximate surface area is 60.1 Å². The smallest absolute Gasteiger partial charge is 0.164 e. The van der Waals surface area contributed by atoms with Gasteiger partial charge >= 0.3 is 0 Å². The lowest BCUT2D eigenvalue weighted by atomic mass is 10.3. The largest absolute Gasteiger partial charge is 0.376 e. The fraction of sp³-hybridized carbons (Fsp3) is 0.500. The van der Waals surface area contributed by atoms with Crippen molar-refractivity contribution in [1.29, 1.82) is 0 Å². The predicted octanol–water partition coefficient (Wildman–Crippen LogP) is 0.538. The summed E-state index contributed by atoms with van der Waals surface area (Å²) < 4.78 is 0. The van der Waals surface area contributed by atoms with Gasteiger partial charge in [-0.25, -0.2) is 0 Å². The molecule has 1 rings (SSSR count). The molecule has 1 atom stereocenters. The molecule has 0 aromatic heterocycles. The SMILES string of the molecule is NC(=S)NC1C=CCC1. The van der Waals surface area contributed by atoms with Crippen molar-refractivity contribution in [2.45, 2.75) is 18.9 Å². The maximum Gasteiger partial charge on any atom is 0.164 e. The number of thiocarbonyl (C=S) groups is 1. The van der Waals surface area contributed by atoms with Crippen molar-refractivity contribution in [2.75, 3.05) is 0 Å². The topological polar surface area (TPSA) is 38.0 Å². The van der Waals surface area contributed by atoms with Crippen LogP contribution in [0.25, 0.3) is 0 Å². The predicted molar refractivity (Wildman–Crippen MR) is 42.1 cm³/mol. The molecule has 3 heteroatoms. The molecule has 2 nitrogen and oxygen atoms in total. The molecular formula is C6H10N2S. The van der Waals surface area contributed by atoms with Gasteiger partial charge in [-0.15, -0.1) is 0 Å². The highest BCUT2D eigenvalue weighted by Crippen LogP contribution is 2.07. The summed E-state index contributed by atoms with van der Waals surface area (Å²) in [5, 5.41) is 3.36. The Bertz CT molecular complexity index is 142. The molecule has 9 heavy (non-hydrogen) atoms. The van der Waals surface area contributed by atoms with Crippen molar-refractivity contribution < 1.29 is 0 Å². The van der Waals surface area contributed by atoms with E-state index in [-0.39, 0.29) is 0 Å². The second-order valence-electron chi connectivity index (χ2n) is 2.12. The molecule has 0 heterocycles. The number of nitrogens with two attached hydrogens (primary N) is 1. The lowest BCUT2D eigenvalue weighted by molar-refractivity contribution is 0.707. The van der Waals surface area contributed by atoms with E-state index in [0.717, 1.165) is 12.8 Å². The third-order valence-corrected chi connectivity index (χ3v) is 1.46. The molecule has 0 aromatic rings. The molecule has 0 saturated carbocycles. The molecule has 0 saturated heterocycles. The summed E-state index contributed by atoms with van der Waals surface area (Å²) in [5.74, 6) is 0. The van der Waals surface area contributed by atoms with Crippen molar-refractivity contribution >= 4 is 17.3 Å². The van der Waals surface area contributed by atoms with Crippen LogP contribution < -0.4 is 11.1 Å². The first-order valence-electron chi connectivity index (χ1n) is 3.01. The zero-order valence-electron chi connectivity index (χ0n) is 5.13. The summed E-state index contributed by atoms with van der Waals surface area (Å²) >= 11 is 4.66. The number of allylic oxidation sites excluding steroid dienone is 1. The molecule has 1 aliphatic rings. The highest BCUT2D eigenvalue weighted by Gasteiger charge is 2.07. The van der Waals surface area contributed by atoms with E-state index in [1.54, 1.807) is 0 Å². The number of nitrogens with one attached hydrogen (secondary N) is 1. The average Bonchev–Trinajstić information content (AvgIpc) is 2.15. The van der Waals surface area contributed by atoms with E-state index in [0.29, 0.717) is 11.2 Å². The van der Waals surface area contributed by atoms with Crippen LogP contribution in [0.15, 0.2) is 12.2 Å². The first-order valence-corrected chi connectivity index (χ1v) is 3.42. The lowest BCUT2D eigenvalue weighted by Crippen LogP contribution is -2.35. The maximum absolute atomic E-state index is 5.26. The summed E-state index contributed by atoms with van der Waals surface area (Å²) in [5.41, 5.74) is 5.26. The fourth-order valence-electron chi connectivity index (χ4n) is 0.936. The van der Waals surface area contributed by atoms with Gasteiger partial charge in [0, 0.05) is 6.04 Å². The fourth-order valence-corrected chi connectivity index (χ4v) is 1.09. The van der Waals surface area contributed by atoms with E-state index in [9.17, 15) is 0 Å². The number of hydrogen-bond acceptors (Lipinski definition) is 1. The van der Waals surface area contributed by atoms with E-state index in [4.69, 9.17) is 5.73 Å².